The Balaban J connectivity index is 2.73. The van der Waals surface area contributed by atoms with Crippen molar-refractivity contribution in [3.63, 3.8) is 0 Å². The highest BCUT2D eigenvalue weighted by molar-refractivity contribution is 6.37. The molecule has 10 heteroatoms. The summed E-state index contributed by atoms with van der Waals surface area (Å²) < 4.78 is 38.4. The van der Waals surface area contributed by atoms with Crippen molar-refractivity contribution >= 4 is 29.2 Å². The van der Waals surface area contributed by atoms with Crippen LogP contribution in [0.3, 0.4) is 0 Å². The molecular weight excluding hydrogens is 322 g/mol. The summed E-state index contributed by atoms with van der Waals surface area (Å²) in [5.41, 5.74) is -2.26. The average Bonchev–Trinajstić information content (AvgIpc) is 2.73. The number of rotatable bonds is 2. The monoisotopic (exact) mass is 325 g/mol. The second-order valence-electron chi connectivity index (χ2n) is 3.58. The summed E-state index contributed by atoms with van der Waals surface area (Å²) in [5.74, 6) is -1.60. The Kier molecular flexibility index (Phi) is 3.61. The largest absolute Gasteiger partial charge is 0.477 e. The number of hydrogen-bond donors (Lipinski definition) is 1. The van der Waals surface area contributed by atoms with Gasteiger partial charge in [0, 0.05) is 18.5 Å². The van der Waals surface area contributed by atoms with Gasteiger partial charge in [-0.1, -0.05) is 23.2 Å². The van der Waals surface area contributed by atoms with Crippen molar-refractivity contribution < 1.29 is 23.1 Å². The van der Waals surface area contributed by atoms with Crippen LogP contribution >= 0.6 is 23.2 Å². The number of alkyl halides is 3. The van der Waals surface area contributed by atoms with Gasteiger partial charge in [0.25, 0.3) is 0 Å². The fourth-order valence-corrected chi connectivity index (χ4v) is 1.97. The van der Waals surface area contributed by atoms with Gasteiger partial charge in [0.2, 0.25) is 0 Å². The van der Waals surface area contributed by atoms with Gasteiger partial charge in [-0.3, -0.25) is 4.98 Å². The molecule has 0 amide bonds. The summed E-state index contributed by atoms with van der Waals surface area (Å²) in [6.07, 6.45) is -2.56. The number of hydrogen-bond acceptors (Lipinski definition) is 3. The second kappa shape index (κ2) is 4.95. The number of carbonyl (C=O) groups is 1. The number of halogens is 5. The number of pyridine rings is 1. The first kappa shape index (κ1) is 14.6. The lowest BCUT2D eigenvalue weighted by molar-refractivity contribution is -0.141. The minimum atomic E-state index is -4.79. The minimum Gasteiger partial charge on any atom is -0.477 e. The Morgan fingerprint density at radius 2 is 1.80 bits per heavy atom. The molecule has 0 bridgehead atoms. The van der Waals surface area contributed by atoms with Crippen molar-refractivity contribution in [2.24, 2.45) is 0 Å². The quantitative estimate of drug-likeness (QED) is 0.919. The fourth-order valence-electron chi connectivity index (χ4n) is 1.45. The van der Waals surface area contributed by atoms with E-state index in [0.29, 0.717) is 10.7 Å². The lowest BCUT2D eigenvalue weighted by Gasteiger charge is -2.08. The van der Waals surface area contributed by atoms with Gasteiger partial charge in [0.15, 0.2) is 11.4 Å². The SMILES string of the molecule is O=C(O)c1cc(C(F)(F)F)nn1-c1c(Cl)cncc1Cl. The van der Waals surface area contributed by atoms with Crippen molar-refractivity contribution in [3.8, 4) is 5.69 Å². The molecule has 0 aromatic carbocycles. The third-order valence-corrected chi connectivity index (χ3v) is 2.81. The van der Waals surface area contributed by atoms with Crippen LogP contribution in [0.2, 0.25) is 10.0 Å². The summed E-state index contributed by atoms with van der Waals surface area (Å²) in [7, 11) is 0. The first-order chi connectivity index (χ1) is 9.21. The molecule has 20 heavy (non-hydrogen) atoms. The number of aromatic nitrogens is 3. The maximum absolute atomic E-state index is 12.6. The Labute approximate surface area is 119 Å². The molecule has 0 fully saturated rings. The molecule has 2 rings (SSSR count). The Morgan fingerprint density at radius 1 is 1.25 bits per heavy atom. The molecule has 0 atom stereocenters. The Morgan fingerprint density at radius 3 is 2.25 bits per heavy atom. The highest BCUT2D eigenvalue weighted by Gasteiger charge is 2.36. The van der Waals surface area contributed by atoms with Crippen LogP contribution in [0.25, 0.3) is 5.69 Å². The molecule has 0 radical (unpaired) electrons. The van der Waals surface area contributed by atoms with Crippen LogP contribution < -0.4 is 0 Å². The first-order valence-corrected chi connectivity index (χ1v) is 5.67. The predicted octanol–water partition coefficient (Wildman–Crippen LogP) is 3.29. The molecule has 0 saturated heterocycles. The third-order valence-electron chi connectivity index (χ3n) is 2.26. The topological polar surface area (TPSA) is 68.0 Å². The highest BCUT2D eigenvalue weighted by atomic mass is 35.5. The van der Waals surface area contributed by atoms with E-state index in [2.05, 4.69) is 10.1 Å². The zero-order valence-electron chi connectivity index (χ0n) is 9.32. The normalized spacial score (nSPS) is 11.7. The number of aromatic carboxylic acids is 1. The van der Waals surface area contributed by atoms with Crippen LogP contribution in [-0.4, -0.2) is 25.8 Å². The van der Waals surface area contributed by atoms with Crippen LogP contribution in [-0.2, 0) is 6.18 Å². The summed E-state index contributed by atoms with van der Waals surface area (Å²) in [6.45, 7) is 0. The third kappa shape index (κ3) is 2.56. The highest BCUT2D eigenvalue weighted by Crippen LogP contribution is 2.32. The van der Waals surface area contributed by atoms with Crippen molar-refractivity contribution in [2.75, 3.05) is 0 Å². The number of nitrogens with zero attached hydrogens (tertiary/aromatic N) is 3. The van der Waals surface area contributed by atoms with E-state index >= 15 is 0 Å². The van der Waals surface area contributed by atoms with Crippen molar-refractivity contribution in [2.45, 2.75) is 6.18 Å². The molecule has 0 saturated carbocycles. The predicted molar refractivity (Wildman–Crippen MR) is 63.3 cm³/mol. The number of carboxylic acids is 1. The maximum Gasteiger partial charge on any atom is 0.435 e. The summed E-state index contributed by atoms with van der Waals surface area (Å²) in [5, 5.41) is 11.9. The second-order valence-corrected chi connectivity index (χ2v) is 4.40. The molecule has 1 N–H and O–H groups in total. The van der Waals surface area contributed by atoms with E-state index in [1.54, 1.807) is 0 Å². The molecule has 106 valence electrons. The lowest BCUT2D eigenvalue weighted by Crippen LogP contribution is -2.10. The Bertz CT molecular complexity index is 665. The molecule has 0 aliphatic heterocycles. The van der Waals surface area contributed by atoms with Gasteiger partial charge in [-0.25, -0.2) is 9.48 Å². The van der Waals surface area contributed by atoms with Crippen LogP contribution in [0, 0.1) is 0 Å². The van der Waals surface area contributed by atoms with E-state index < -0.39 is 23.5 Å². The molecular formula is C10H4Cl2F3N3O2. The van der Waals surface area contributed by atoms with E-state index in [9.17, 15) is 18.0 Å². The standard InChI is InChI=1S/C10H4Cl2F3N3O2/c11-4-2-16-3-5(12)8(4)18-6(9(19)20)1-7(17-18)10(13,14)15/h1-3H,(H,19,20). The van der Waals surface area contributed by atoms with Crippen molar-refractivity contribution in [1.82, 2.24) is 14.8 Å². The van der Waals surface area contributed by atoms with E-state index in [0.717, 1.165) is 12.4 Å². The first-order valence-electron chi connectivity index (χ1n) is 4.91. The summed E-state index contributed by atoms with van der Waals surface area (Å²) in [6, 6.07) is 0.398. The maximum atomic E-state index is 12.6. The van der Waals surface area contributed by atoms with Gasteiger partial charge in [-0.2, -0.15) is 18.3 Å². The van der Waals surface area contributed by atoms with Gasteiger partial charge in [0.05, 0.1) is 10.0 Å². The minimum absolute atomic E-state index is 0.128. The van der Waals surface area contributed by atoms with Gasteiger partial charge < -0.3 is 5.11 Å². The molecule has 2 aromatic heterocycles. The summed E-state index contributed by atoms with van der Waals surface area (Å²) >= 11 is 11.6. The molecule has 5 nitrogen and oxygen atoms in total. The number of carboxylic acid groups (broad SMARTS) is 1. The van der Waals surface area contributed by atoms with E-state index in [1.807, 2.05) is 0 Å². The zero-order valence-corrected chi connectivity index (χ0v) is 10.8. The van der Waals surface area contributed by atoms with Crippen molar-refractivity contribution in [3.05, 3.63) is 39.9 Å². The van der Waals surface area contributed by atoms with E-state index in [1.165, 1.54) is 0 Å². The average molecular weight is 326 g/mol. The van der Waals surface area contributed by atoms with E-state index in [-0.39, 0.29) is 15.7 Å². The molecule has 0 aliphatic rings. The Hall–Kier alpha value is -1.80. The van der Waals surface area contributed by atoms with Gasteiger partial charge in [-0.15, -0.1) is 0 Å². The molecule has 0 unspecified atom stereocenters. The molecule has 2 heterocycles. The van der Waals surface area contributed by atoms with Crippen molar-refractivity contribution in [1.29, 1.82) is 0 Å². The van der Waals surface area contributed by atoms with Gasteiger partial charge in [-0.05, 0) is 0 Å². The molecule has 2 aromatic rings. The van der Waals surface area contributed by atoms with Crippen LogP contribution in [0.4, 0.5) is 13.2 Å². The summed E-state index contributed by atoms with van der Waals surface area (Å²) in [4.78, 5) is 14.7. The van der Waals surface area contributed by atoms with Crippen LogP contribution in [0.15, 0.2) is 18.5 Å². The molecule has 0 spiro atoms. The van der Waals surface area contributed by atoms with Crippen LogP contribution in [0.5, 0.6) is 0 Å². The molecule has 0 aliphatic carbocycles. The van der Waals surface area contributed by atoms with E-state index in [4.69, 9.17) is 28.3 Å². The smallest absolute Gasteiger partial charge is 0.435 e. The lowest BCUT2D eigenvalue weighted by atomic mass is 10.3. The van der Waals surface area contributed by atoms with Gasteiger partial charge >= 0.3 is 12.1 Å². The zero-order chi connectivity index (χ0) is 15.1. The van der Waals surface area contributed by atoms with Crippen LogP contribution in [0.1, 0.15) is 16.2 Å². The van der Waals surface area contributed by atoms with Gasteiger partial charge in [0.1, 0.15) is 5.69 Å². The fraction of sp³-hybridized carbons (Fsp3) is 0.100.